The fourth-order valence-corrected chi connectivity index (χ4v) is 3.26. The quantitative estimate of drug-likeness (QED) is 0.768. The summed E-state index contributed by atoms with van der Waals surface area (Å²) in [4.78, 5) is 15.3. The minimum absolute atomic E-state index is 0.113. The van der Waals surface area contributed by atoms with E-state index >= 15 is 0 Å². The number of benzene rings is 1. The summed E-state index contributed by atoms with van der Waals surface area (Å²) in [7, 11) is 0. The zero-order chi connectivity index (χ0) is 13.1. The molecule has 0 N–H and O–H groups in total. The third-order valence-electron chi connectivity index (χ3n) is 3.50. The summed E-state index contributed by atoms with van der Waals surface area (Å²) in [5.41, 5.74) is 0.704. The van der Waals surface area contributed by atoms with Gasteiger partial charge in [-0.05, 0) is 38.0 Å². The maximum atomic E-state index is 12.6. The molecule has 1 aliphatic heterocycles. The Morgan fingerprint density at radius 1 is 1.39 bits per heavy atom. The van der Waals surface area contributed by atoms with Crippen LogP contribution in [0, 0.1) is 0 Å². The van der Waals surface area contributed by atoms with E-state index in [-0.39, 0.29) is 5.91 Å². The Labute approximate surface area is 122 Å². The van der Waals surface area contributed by atoms with Crippen LogP contribution in [-0.2, 0) is 0 Å². The summed E-state index contributed by atoms with van der Waals surface area (Å²) in [6, 6.07) is 5.96. The molecule has 1 aromatic carbocycles. The van der Waals surface area contributed by atoms with Crippen LogP contribution in [0.3, 0.4) is 0 Å². The van der Waals surface area contributed by atoms with Gasteiger partial charge in [0, 0.05) is 22.0 Å². The largest absolute Gasteiger partial charge is 0.336 e. The lowest BCUT2D eigenvalue weighted by atomic mass is 10.1. The van der Waals surface area contributed by atoms with Gasteiger partial charge < -0.3 is 4.90 Å². The molecule has 1 unspecified atom stereocenters. The molecule has 0 bridgehead atoms. The molecule has 0 spiro atoms. The smallest absolute Gasteiger partial charge is 0.255 e. The van der Waals surface area contributed by atoms with Gasteiger partial charge in [0.25, 0.3) is 5.91 Å². The number of likely N-dealkylation sites (tertiary alicyclic amines) is 1. The molecule has 2 rings (SSSR count). The average molecular weight is 328 g/mol. The lowest BCUT2D eigenvalue weighted by Gasteiger charge is -2.27. The Kier molecular flexibility index (Phi) is 4.73. The normalized spacial score (nSPS) is 20.6. The number of hydrogen-bond donors (Lipinski definition) is 1. The SMILES string of the molecule is CC1CCCCCN1C(=O)c1ccc(Br)cc1S. The Bertz CT molecular complexity index is 449. The molecule has 1 atom stereocenters. The number of carbonyl (C=O) groups is 1. The van der Waals surface area contributed by atoms with Crippen LogP contribution in [0.25, 0.3) is 0 Å². The molecule has 0 radical (unpaired) electrons. The van der Waals surface area contributed by atoms with Gasteiger partial charge in [0.05, 0.1) is 5.56 Å². The summed E-state index contributed by atoms with van der Waals surface area (Å²) in [5, 5.41) is 0. The summed E-state index contributed by atoms with van der Waals surface area (Å²) in [5.74, 6) is 0.113. The highest BCUT2D eigenvalue weighted by atomic mass is 79.9. The number of thiol groups is 1. The first-order valence-electron chi connectivity index (χ1n) is 6.39. The van der Waals surface area contributed by atoms with Crippen molar-refractivity contribution in [2.24, 2.45) is 0 Å². The van der Waals surface area contributed by atoms with Crippen LogP contribution in [0.5, 0.6) is 0 Å². The first-order valence-corrected chi connectivity index (χ1v) is 7.63. The Balaban J connectivity index is 2.23. The van der Waals surface area contributed by atoms with Crippen molar-refractivity contribution in [1.29, 1.82) is 0 Å². The highest BCUT2D eigenvalue weighted by molar-refractivity contribution is 9.10. The van der Waals surface area contributed by atoms with Gasteiger partial charge in [-0.15, -0.1) is 12.6 Å². The van der Waals surface area contributed by atoms with E-state index in [9.17, 15) is 4.79 Å². The van der Waals surface area contributed by atoms with Crippen LogP contribution >= 0.6 is 28.6 Å². The van der Waals surface area contributed by atoms with E-state index in [1.165, 1.54) is 12.8 Å². The van der Waals surface area contributed by atoms with Crippen LogP contribution in [0.15, 0.2) is 27.6 Å². The Hall–Kier alpha value is -0.480. The van der Waals surface area contributed by atoms with Crippen molar-refractivity contribution in [1.82, 2.24) is 4.90 Å². The van der Waals surface area contributed by atoms with Gasteiger partial charge in [-0.25, -0.2) is 0 Å². The highest BCUT2D eigenvalue weighted by Crippen LogP contribution is 2.24. The van der Waals surface area contributed by atoms with E-state index in [4.69, 9.17) is 0 Å². The minimum atomic E-state index is 0.113. The van der Waals surface area contributed by atoms with Crippen LogP contribution in [0.2, 0.25) is 0 Å². The molecule has 1 fully saturated rings. The number of carbonyl (C=O) groups excluding carboxylic acids is 1. The van der Waals surface area contributed by atoms with E-state index in [0.29, 0.717) is 11.6 Å². The van der Waals surface area contributed by atoms with Crippen LogP contribution in [-0.4, -0.2) is 23.4 Å². The van der Waals surface area contributed by atoms with Crippen LogP contribution < -0.4 is 0 Å². The first-order chi connectivity index (χ1) is 8.59. The molecule has 4 heteroatoms. The molecule has 0 saturated carbocycles. The van der Waals surface area contributed by atoms with Crippen molar-refractivity contribution in [3.8, 4) is 0 Å². The molecular formula is C14H18BrNOS. The molecule has 18 heavy (non-hydrogen) atoms. The molecular weight excluding hydrogens is 310 g/mol. The first kappa shape index (κ1) is 13.9. The predicted molar refractivity (Wildman–Crippen MR) is 80.4 cm³/mol. The van der Waals surface area contributed by atoms with Gasteiger partial charge in [-0.3, -0.25) is 4.79 Å². The average Bonchev–Trinajstić information content (AvgIpc) is 2.53. The van der Waals surface area contributed by atoms with Crippen molar-refractivity contribution in [3.63, 3.8) is 0 Å². The third kappa shape index (κ3) is 3.09. The lowest BCUT2D eigenvalue weighted by Crippen LogP contribution is -2.38. The third-order valence-corrected chi connectivity index (χ3v) is 4.37. The highest BCUT2D eigenvalue weighted by Gasteiger charge is 2.24. The lowest BCUT2D eigenvalue weighted by molar-refractivity contribution is 0.0694. The van der Waals surface area contributed by atoms with E-state index in [2.05, 4.69) is 35.5 Å². The second-order valence-corrected chi connectivity index (χ2v) is 6.26. The van der Waals surface area contributed by atoms with Crippen LogP contribution in [0.1, 0.15) is 43.0 Å². The molecule has 1 aliphatic rings. The monoisotopic (exact) mass is 327 g/mol. The summed E-state index contributed by atoms with van der Waals surface area (Å²) in [6.07, 6.45) is 4.65. The molecule has 98 valence electrons. The van der Waals surface area contributed by atoms with Crippen molar-refractivity contribution < 1.29 is 4.79 Å². The molecule has 1 heterocycles. The fourth-order valence-electron chi connectivity index (χ4n) is 2.42. The van der Waals surface area contributed by atoms with Crippen molar-refractivity contribution in [3.05, 3.63) is 28.2 Å². The second-order valence-electron chi connectivity index (χ2n) is 4.86. The zero-order valence-corrected chi connectivity index (χ0v) is 13.0. The number of rotatable bonds is 1. The van der Waals surface area contributed by atoms with Gasteiger partial charge in [0.2, 0.25) is 0 Å². The fraction of sp³-hybridized carbons (Fsp3) is 0.500. The number of halogens is 1. The topological polar surface area (TPSA) is 20.3 Å². The van der Waals surface area contributed by atoms with E-state index in [1.807, 2.05) is 23.1 Å². The molecule has 2 nitrogen and oxygen atoms in total. The second kappa shape index (κ2) is 6.11. The minimum Gasteiger partial charge on any atom is -0.336 e. The summed E-state index contributed by atoms with van der Waals surface area (Å²) >= 11 is 7.80. The van der Waals surface area contributed by atoms with Gasteiger partial charge in [0.1, 0.15) is 0 Å². The van der Waals surface area contributed by atoms with Crippen molar-refractivity contribution >= 4 is 34.5 Å². The van der Waals surface area contributed by atoms with Crippen LogP contribution in [0.4, 0.5) is 0 Å². The zero-order valence-electron chi connectivity index (χ0n) is 10.5. The van der Waals surface area contributed by atoms with Crippen molar-refractivity contribution in [2.45, 2.75) is 43.5 Å². The Morgan fingerprint density at radius 3 is 2.89 bits per heavy atom. The van der Waals surface area contributed by atoms with E-state index in [1.54, 1.807) is 0 Å². The number of hydrogen-bond acceptors (Lipinski definition) is 2. The predicted octanol–water partition coefficient (Wildman–Crippen LogP) is 4.14. The molecule has 1 aromatic rings. The molecule has 0 aromatic heterocycles. The molecule has 0 aliphatic carbocycles. The number of amides is 1. The Morgan fingerprint density at radius 2 is 2.17 bits per heavy atom. The summed E-state index contributed by atoms with van der Waals surface area (Å²) < 4.78 is 0.952. The summed E-state index contributed by atoms with van der Waals surface area (Å²) in [6.45, 7) is 3.00. The van der Waals surface area contributed by atoms with E-state index in [0.717, 1.165) is 28.8 Å². The molecule has 1 saturated heterocycles. The van der Waals surface area contributed by atoms with Gasteiger partial charge in [0.15, 0.2) is 0 Å². The maximum absolute atomic E-state index is 12.6. The number of nitrogens with zero attached hydrogens (tertiary/aromatic N) is 1. The van der Waals surface area contributed by atoms with E-state index < -0.39 is 0 Å². The molecule has 1 amide bonds. The maximum Gasteiger partial charge on any atom is 0.255 e. The standard InChI is InChI=1S/C14H18BrNOS/c1-10-5-3-2-4-8-16(10)14(17)12-7-6-11(15)9-13(12)18/h6-7,9-10,18H,2-5,8H2,1H3. The van der Waals surface area contributed by atoms with Gasteiger partial charge >= 0.3 is 0 Å². The van der Waals surface area contributed by atoms with Gasteiger partial charge in [-0.2, -0.15) is 0 Å². The van der Waals surface area contributed by atoms with Gasteiger partial charge in [-0.1, -0.05) is 28.8 Å². The van der Waals surface area contributed by atoms with Crippen molar-refractivity contribution in [2.75, 3.05) is 6.54 Å².